The number of nitrogens with one attached hydrogen (secondary N) is 1. The Bertz CT molecular complexity index is 687. The molecule has 0 unspecified atom stereocenters. The van der Waals surface area contributed by atoms with E-state index in [1.807, 2.05) is 0 Å². The molecule has 0 spiro atoms. The molecule has 0 radical (unpaired) electrons. The number of carbonyl (C=O) groups is 2. The van der Waals surface area contributed by atoms with Crippen molar-refractivity contribution in [3.63, 3.8) is 0 Å². The molecule has 8 heteroatoms. The van der Waals surface area contributed by atoms with Crippen molar-refractivity contribution in [2.45, 2.75) is 19.4 Å². The van der Waals surface area contributed by atoms with E-state index in [0.717, 1.165) is 0 Å². The minimum atomic E-state index is -0.447. The maximum Gasteiger partial charge on any atom is 0.248 e. The molecule has 0 aliphatic carbocycles. The molecule has 1 atom stereocenters. The number of nitrogens with zero attached hydrogens (tertiary/aromatic N) is 3. The maximum absolute atomic E-state index is 12.4. The molecule has 21 heavy (non-hydrogen) atoms. The molecule has 1 aliphatic rings. The van der Waals surface area contributed by atoms with Crippen LogP contribution in [0.3, 0.4) is 0 Å². The van der Waals surface area contributed by atoms with Crippen molar-refractivity contribution in [1.29, 1.82) is 0 Å². The molecule has 1 aliphatic heterocycles. The van der Waals surface area contributed by atoms with Crippen molar-refractivity contribution in [2.75, 3.05) is 16.9 Å². The second-order valence-corrected chi connectivity index (χ2v) is 5.66. The van der Waals surface area contributed by atoms with Crippen molar-refractivity contribution in [2.24, 2.45) is 0 Å². The van der Waals surface area contributed by atoms with Gasteiger partial charge in [0.2, 0.25) is 11.8 Å². The zero-order valence-electron chi connectivity index (χ0n) is 11.4. The predicted molar refractivity (Wildman–Crippen MR) is 78.7 cm³/mol. The Labute approximate surface area is 125 Å². The first-order valence-corrected chi connectivity index (χ1v) is 7.75. The first-order valence-electron chi connectivity index (χ1n) is 6.60. The Morgan fingerprint density at radius 1 is 1.48 bits per heavy atom. The van der Waals surface area contributed by atoms with Gasteiger partial charge in [0.25, 0.3) is 0 Å². The number of hydrogen-bond acceptors (Lipinski definition) is 6. The highest BCUT2D eigenvalue weighted by Crippen LogP contribution is 2.25. The second kappa shape index (κ2) is 5.72. The van der Waals surface area contributed by atoms with E-state index in [9.17, 15) is 9.59 Å². The highest BCUT2D eigenvalue weighted by Gasteiger charge is 2.34. The molecule has 1 aromatic carbocycles. The molecule has 1 N–H and O–H groups in total. The molecule has 1 fully saturated rings. The Kier molecular flexibility index (Phi) is 3.78. The van der Waals surface area contributed by atoms with E-state index in [0.29, 0.717) is 34.8 Å². The predicted octanol–water partition coefficient (Wildman–Crippen LogP) is 1.47. The number of anilines is 1. The van der Waals surface area contributed by atoms with Crippen molar-refractivity contribution >= 4 is 40.3 Å². The zero-order chi connectivity index (χ0) is 14.8. The summed E-state index contributed by atoms with van der Waals surface area (Å²) >= 11 is 1.58. The number of amides is 2. The molecule has 1 saturated heterocycles. The van der Waals surface area contributed by atoms with Crippen LogP contribution in [-0.4, -0.2) is 44.7 Å². The third kappa shape index (κ3) is 2.58. The van der Waals surface area contributed by atoms with Gasteiger partial charge in [-0.2, -0.15) is 0 Å². The van der Waals surface area contributed by atoms with E-state index in [4.69, 9.17) is 0 Å². The van der Waals surface area contributed by atoms with E-state index in [-0.39, 0.29) is 11.8 Å². The van der Waals surface area contributed by atoms with E-state index < -0.39 is 6.04 Å². The van der Waals surface area contributed by atoms with Gasteiger partial charge >= 0.3 is 0 Å². The molecular formula is C13H14N4O3S. The number of rotatable bonds is 3. The molecule has 0 bridgehead atoms. The summed E-state index contributed by atoms with van der Waals surface area (Å²) in [5, 5.41) is 10.3. The van der Waals surface area contributed by atoms with Crippen molar-refractivity contribution in [3.8, 4) is 0 Å². The Balaban J connectivity index is 1.80. The van der Waals surface area contributed by atoms with Gasteiger partial charge in [0, 0.05) is 12.2 Å². The summed E-state index contributed by atoms with van der Waals surface area (Å²) in [4.78, 5) is 25.9. The number of carbonyl (C=O) groups excluding carboxylic acids is 2. The number of hydrogen-bond donors (Lipinski definition) is 1. The summed E-state index contributed by atoms with van der Waals surface area (Å²) in [6.07, 6.45) is 0.396. The molecule has 110 valence electrons. The maximum atomic E-state index is 12.4. The second-order valence-electron chi connectivity index (χ2n) is 4.66. The molecule has 7 nitrogen and oxygen atoms in total. The fraction of sp³-hybridized carbons (Fsp3) is 0.385. The van der Waals surface area contributed by atoms with Crippen LogP contribution in [0.25, 0.3) is 11.0 Å². The van der Waals surface area contributed by atoms with E-state index in [1.54, 1.807) is 41.8 Å². The lowest BCUT2D eigenvalue weighted by Crippen LogP contribution is -2.44. The molecule has 3 rings (SSSR count). The van der Waals surface area contributed by atoms with Gasteiger partial charge in [-0.3, -0.25) is 9.59 Å². The van der Waals surface area contributed by atoms with Crippen molar-refractivity contribution in [1.82, 2.24) is 15.2 Å². The van der Waals surface area contributed by atoms with Crippen molar-refractivity contribution < 1.29 is 14.2 Å². The van der Waals surface area contributed by atoms with Gasteiger partial charge in [-0.1, -0.05) is 13.0 Å². The van der Waals surface area contributed by atoms with Crippen LogP contribution in [-0.2, 0) is 9.59 Å². The largest absolute Gasteiger partial charge is 0.322 e. The number of fused-ring (bicyclic) bond motifs is 1. The molecule has 2 amide bonds. The lowest BCUT2D eigenvalue weighted by Gasteiger charge is -2.22. The van der Waals surface area contributed by atoms with Gasteiger partial charge in [-0.05, 0) is 22.4 Å². The number of thioether (sulfide) groups is 1. The van der Waals surface area contributed by atoms with Gasteiger partial charge in [0.05, 0.1) is 11.6 Å². The quantitative estimate of drug-likeness (QED) is 0.924. The Morgan fingerprint density at radius 2 is 2.33 bits per heavy atom. The van der Waals surface area contributed by atoms with Gasteiger partial charge < -0.3 is 10.2 Å². The van der Waals surface area contributed by atoms with Crippen LogP contribution >= 0.6 is 11.8 Å². The molecular weight excluding hydrogens is 292 g/mol. The smallest absolute Gasteiger partial charge is 0.248 e. The summed E-state index contributed by atoms with van der Waals surface area (Å²) < 4.78 is 4.67. The SMILES string of the molecule is CCC(=O)N1CSC[C@H]1C(=O)Nc1cccc2nonc12. The fourth-order valence-electron chi connectivity index (χ4n) is 2.23. The summed E-state index contributed by atoms with van der Waals surface area (Å²) in [6, 6.07) is 4.80. The monoisotopic (exact) mass is 306 g/mol. The highest BCUT2D eigenvalue weighted by atomic mass is 32.2. The average molecular weight is 306 g/mol. The van der Waals surface area contributed by atoms with Crippen LogP contribution in [0.5, 0.6) is 0 Å². The van der Waals surface area contributed by atoms with E-state index in [1.165, 1.54) is 0 Å². The standard InChI is InChI=1S/C13H14N4O3S/c1-2-11(18)17-7-21-6-10(17)13(19)14-8-4-3-5-9-12(8)16-20-15-9/h3-5,10H,2,6-7H2,1H3,(H,14,19)/t10-/m0/s1. The summed E-state index contributed by atoms with van der Waals surface area (Å²) in [6.45, 7) is 1.79. The first-order chi connectivity index (χ1) is 10.2. The fourth-order valence-corrected chi connectivity index (χ4v) is 3.41. The van der Waals surface area contributed by atoms with Crippen LogP contribution in [0.2, 0.25) is 0 Å². The van der Waals surface area contributed by atoms with E-state index >= 15 is 0 Å². The Hall–Kier alpha value is -2.09. The van der Waals surface area contributed by atoms with Crippen LogP contribution in [0.15, 0.2) is 22.8 Å². The van der Waals surface area contributed by atoms with Gasteiger partial charge in [-0.25, -0.2) is 4.63 Å². The lowest BCUT2D eigenvalue weighted by atomic mass is 10.2. The molecule has 1 aromatic heterocycles. The normalized spacial score (nSPS) is 18.1. The van der Waals surface area contributed by atoms with Crippen LogP contribution in [0.4, 0.5) is 5.69 Å². The third-order valence-electron chi connectivity index (χ3n) is 3.35. The summed E-state index contributed by atoms with van der Waals surface area (Å²) in [5.41, 5.74) is 1.62. The van der Waals surface area contributed by atoms with E-state index in [2.05, 4.69) is 20.3 Å². The third-order valence-corrected chi connectivity index (χ3v) is 4.36. The average Bonchev–Trinajstić information content (AvgIpc) is 3.15. The molecule has 2 aromatic rings. The highest BCUT2D eigenvalue weighted by molar-refractivity contribution is 7.99. The topological polar surface area (TPSA) is 88.3 Å². The lowest BCUT2D eigenvalue weighted by molar-refractivity contribution is -0.135. The summed E-state index contributed by atoms with van der Waals surface area (Å²) in [7, 11) is 0. The van der Waals surface area contributed by atoms with Crippen LogP contribution < -0.4 is 5.32 Å². The Morgan fingerprint density at radius 3 is 3.14 bits per heavy atom. The minimum Gasteiger partial charge on any atom is -0.322 e. The molecule has 0 saturated carbocycles. The van der Waals surface area contributed by atoms with Gasteiger partial charge in [0.15, 0.2) is 5.52 Å². The number of benzene rings is 1. The van der Waals surface area contributed by atoms with Crippen LogP contribution in [0, 0.1) is 0 Å². The van der Waals surface area contributed by atoms with Crippen molar-refractivity contribution in [3.05, 3.63) is 18.2 Å². The first kappa shape index (κ1) is 13.9. The van der Waals surface area contributed by atoms with Gasteiger partial charge in [-0.15, -0.1) is 11.8 Å². The minimum absolute atomic E-state index is 0.0125. The van der Waals surface area contributed by atoms with Gasteiger partial charge in [0.1, 0.15) is 11.6 Å². The number of aromatic nitrogens is 2. The molecule has 2 heterocycles. The summed E-state index contributed by atoms with van der Waals surface area (Å²) in [5.74, 6) is 0.934. The zero-order valence-corrected chi connectivity index (χ0v) is 12.2. The van der Waals surface area contributed by atoms with Crippen LogP contribution in [0.1, 0.15) is 13.3 Å².